The maximum atomic E-state index is 11.5. The lowest BCUT2D eigenvalue weighted by molar-refractivity contribution is -0.157. The fourth-order valence-corrected chi connectivity index (χ4v) is 2.73. The molecule has 0 spiro atoms. The number of nitrogens with zero attached hydrogens (tertiary/aromatic N) is 2. The minimum Gasteiger partial charge on any atom is -0.481 e. The summed E-state index contributed by atoms with van der Waals surface area (Å²) in [5, 5.41) is 8.68. The molecule has 0 fully saturated rings. The minimum absolute atomic E-state index is 0.104. The molecule has 35 heavy (non-hydrogen) atoms. The van der Waals surface area contributed by atoms with Crippen LogP contribution < -0.4 is 0 Å². The van der Waals surface area contributed by atoms with Gasteiger partial charge in [-0.2, -0.15) is 0 Å². The Morgan fingerprint density at radius 1 is 0.686 bits per heavy atom. The monoisotopic (exact) mass is 506 g/mol. The lowest BCUT2D eigenvalue weighted by Crippen LogP contribution is -2.46. The molecule has 0 unspecified atom stereocenters. The molecular formula is C24H46N2O9. The van der Waals surface area contributed by atoms with E-state index in [1.54, 1.807) is 27.7 Å². The number of hydrogen-bond donors (Lipinski definition) is 1. The highest BCUT2D eigenvalue weighted by Crippen LogP contribution is 2.08. The molecular weight excluding hydrogens is 460 g/mol. The predicted molar refractivity (Wildman–Crippen MR) is 132 cm³/mol. The highest BCUT2D eigenvalue weighted by Gasteiger charge is 2.30. The van der Waals surface area contributed by atoms with E-state index >= 15 is 0 Å². The topological polar surface area (TPSA) is 140 Å². The van der Waals surface area contributed by atoms with Crippen molar-refractivity contribution in [1.29, 1.82) is 0 Å². The number of carbonyl (C=O) groups is 5. The van der Waals surface area contributed by atoms with Crippen molar-refractivity contribution in [2.45, 2.75) is 80.7 Å². The molecule has 0 aromatic heterocycles. The highest BCUT2D eigenvalue weighted by atomic mass is 16.5. The van der Waals surface area contributed by atoms with Gasteiger partial charge in [0.2, 0.25) is 5.91 Å². The fraction of sp³-hybridized carbons (Fsp3) is 0.792. The van der Waals surface area contributed by atoms with E-state index in [9.17, 15) is 24.0 Å². The van der Waals surface area contributed by atoms with Gasteiger partial charge in [-0.1, -0.05) is 20.8 Å². The number of esters is 3. The normalized spacial score (nSPS) is 10.5. The van der Waals surface area contributed by atoms with Gasteiger partial charge in [0.15, 0.2) is 0 Å². The number of aliphatic carboxylic acids is 1. The Morgan fingerprint density at radius 3 is 1.31 bits per heavy atom. The molecule has 0 aromatic carbocycles. The molecule has 0 aliphatic heterocycles. The van der Waals surface area contributed by atoms with E-state index in [-0.39, 0.29) is 43.8 Å². The first-order valence-electron chi connectivity index (χ1n) is 12.2. The van der Waals surface area contributed by atoms with Crippen LogP contribution >= 0.6 is 0 Å². The van der Waals surface area contributed by atoms with Crippen LogP contribution in [0, 0.1) is 0 Å². The Morgan fingerprint density at radius 2 is 1.09 bits per heavy atom. The Hall–Kier alpha value is -2.69. The van der Waals surface area contributed by atoms with Crippen LogP contribution in [0.15, 0.2) is 0 Å². The van der Waals surface area contributed by atoms with E-state index in [1.165, 1.54) is 31.5 Å². The molecule has 0 heterocycles. The molecule has 0 radical (unpaired) electrons. The number of rotatable bonds is 14. The molecule has 0 bridgehead atoms. The van der Waals surface area contributed by atoms with Crippen LogP contribution in [-0.2, 0) is 38.2 Å². The van der Waals surface area contributed by atoms with Crippen LogP contribution in [0.1, 0.15) is 74.7 Å². The average molecular weight is 507 g/mol. The predicted octanol–water partition coefficient (Wildman–Crippen LogP) is 2.50. The van der Waals surface area contributed by atoms with Gasteiger partial charge in [-0.05, 0) is 47.3 Å². The Kier molecular flexibility index (Phi) is 25.7. The lowest BCUT2D eigenvalue weighted by atomic mass is 10.1. The van der Waals surface area contributed by atoms with Crippen LogP contribution in [0.25, 0.3) is 0 Å². The number of amides is 1. The van der Waals surface area contributed by atoms with E-state index in [0.717, 1.165) is 0 Å². The Bertz CT molecular complexity index is 584. The van der Waals surface area contributed by atoms with E-state index in [2.05, 4.69) is 35.1 Å². The number of carboxylic acids is 1. The first-order chi connectivity index (χ1) is 16.5. The van der Waals surface area contributed by atoms with Crippen molar-refractivity contribution in [3.63, 3.8) is 0 Å². The van der Waals surface area contributed by atoms with Gasteiger partial charge in [0.25, 0.3) is 0 Å². The zero-order valence-corrected chi connectivity index (χ0v) is 22.8. The third-order valence-corrected chi connectivity index (χ3v) is 4.53. The summed E-state index contributed by atoms with van der Waals surface area (Å²) in [6, 6.07) is -1.04. The number of carbonyl (C=O) groups excluding carboxylic acids is 4. The molecule has 11 heteroatoms. The van der Waals surface area contributed by atoms with Crippen LogP contribution in [0.5, 0.6) is 0 Å². The van der Waals surface area contributed by atoms with Crippen molar-refractivity contribution in [3.8, 4) is 0 Å². The van der Waals surface area contributed by atoms with Gasteiger partial charge in [0.1, 0.15) is 6.04 Å². The average Bonchev–Trinajstić information content (AvgIpc) is 2.80. The van der Waals surface area contributed by atoms with Crippen molar-refractivity contribution >= 4 is 29.8 Å². The van der Waals surface area contributed by atoms with Gasteiger partial charge in [0, 0.05) is 13.5 Å². The Labute approximate surface area is 210 Å². The zero-order chi connectivity index (χ0) is 27.8. The standard InChI is InChI=1S/C10H17NO5.C8H14O4.C6H15N/c1-4-11(7(3)12)8(6-9(13)14)10(15)16-5-2;1-3-11-7(9)5-6-8(10)12-4-2;1-4-7(5-2)6-3/h8H,4-6H2,1-3H3,(H,13,14);3-6H2,1-2H3;4-6H2,1-3H3/t8-;;/m0../s1. The summed E-state index contributed by atoms with van der Waals surface area (Å²) in [6.07, 6.45) is -0.231. The third-order valence-electron chi connectivity index (χ3n) is 4.53. The van der Waals surface area contributed by atoms with Crippen LogP contribution in [-0.4, -0.2) is 96.7 Å². The maximum absolute atomic E-state index is 11.5. The van der Waals surface area contributed by atoms with E-state index in [0.29, 0.717) is 13.2 Å². The smallest absolute Gasteiger partial charge is 0.329 e. The van der Waals surface area contributed by atoms with Crippen LogP contribution in [0.2, 0.25) is 0 Å². The maximum Gasteiger partial charge on any atom is 0.329 e. The molecule has 0 aliphatic carbocycles. The molecule has 0 saturated carbocycles. The lowest BCUT2D eigenvalue weighted by Gasteiger charge is -2.26. The molecule has 0 aliphatic rings. The summed E-state index contributed by atoms with van der Waals surface area (Å²) < 4.78 is 14.0. The molecule has 1 atom stereocenters. The number of ether oxygens (including phenoxy) is 3. The SMILES string of the molecule is CCN(CC)CC.CCOC(=O)CCC(=O)OCC.CCOC(=O)[C@H](CC(=O)O)N(CC)C(C)=O. The van der Waals surface area contributed by atoms with Gasteiger partial charge in [-0.15, -0.1) is 0 Å². The molecule has 0 aromatic rings. The summed E-state index contributed by atoms with van der Waals surface area (Å²) >= 11 is 0. The summed E-state index contributed by atoms with van der Waals surface area (Å²) in [5.41, 5.74) is 0. The molecule has 206 valence electrons. The molecule has 0 saturated heterocycles. The molecule has 1 amide bonds. The van der Waals surface area contributed by atoms with E-state index in [4.69, 9.17) is 9.84 Å². The largest absolute Gasteiger partial charge is 0.481 e. The molecule has 0 rings (SSSR count). The zero-order valence-electron chi connectivity index (χ0n) is 22.8. The highest BCUT2D eigenvalue weighted by molar-refractivity contribution is 5.87. The van der Waals surface area contributed by atoms with Crippen molar-refractivity contribution in [3.05, 3.63) is 0 Å². The summed E-state index contributed by atoms with van der Waals surface area (Å²) in [5.74, 6) is -2.88. The minimum atomic E-state index is -1.14. The first-order valence-corrected chi connectivity index (χ1v) is 12.2. The number of likely N-dealkylation sites (N-methyl/N-ethyl adjacent to an activating group) is 1. The van der Waals surface area contributed by atoms with Gasteiger partial charge in [0.05, 0.1) is 39.1 Å². The Balaban J connectivity index is -0.000000474. The summed E-state index contributed by atoms with van der Waals surface area (Å²) in [6.45, 7) is 19.3. The fourth-order valence-electron chi connectivity index (χ4n) is 2.73. The second-order valence-electron chi connectivity index (χ2n) is 6.90. The van der Waals surface area contributed by atoms with Gasteiger partial charge < -0.3 is 29.1 Å². The van der Waals surface area contributed by atoms with Gasteiger partial charge in [-0.3, -0.25) is 19.2 Å². The van der Waals surface area contributed by atoms with Gasteiger partial charge >= 0.3 is 23.9 Å². The molecule has 1 N–H and O–H groups in total. The second kappa shape index (κ2) is 24.4. The van der Waals surface area contributed by atoms with E-state index in [1.807, 2.05) is 0 Å². The summed E-state index contributed by atoms with van der Waals surface area (Å²) in [7, 11) is 0. The quantitative estimate of drug-likeness (QED) is 0.276. The molecule has 11 nitrogen and oxygen atoms in total. The van der Waals surface area contributed by atoms with E-state index < -0.39 is 24.4 Å². The first kappa shape index (κ1) is 36.9. The van der Waals surface area contributed by atoms with Gasteiger partial charge in [-0.25, -0.2) is 4.79 Å². The number of carboxylic acid groups (broad SMARTS) is 1. The van der Waals surface area contributed by atoms with Crippen LogP contribution in [0.3, 0.4) is 0 Å². The number of hydrogen-bond acceptors (Lipinski definition) is 9. The van der Waals surface area contributed by atoms with Crippen molar-refractivity contribution < 1.29 is 43.3 Å². The summed E-state index contributed by atoms with van der Waals surface area (Å²) in [4.78, 5) is 58.4. The van der Waals surface area contributed by atoms with Crippen molar-refractivity contribution in [1.82, 2.24) is 9.80 Å². The van der Waals surface area contributed by atoms with Crippen LogP contribution in [0.4, 0.5) is 0 Å². The van der Waals surface area contributed by atoms with Crippen molar-refractivity contribution in [2.24, 2.45) is 0 Å². The third kappa shape index (κ3) is 21.6. The second-order valence-corrected chi connectivity index (χ2v) is 6.90. The van der Waals surface area contributed by atoms with Crippen molar-refractivity contribution in [2.75, 3.05) is 46.0 Å².